The third kappa shape index (κ3) is 57.4. The summed E-state index contributed by atoms with van der Waals surface area (Å²) in [5, 5.41) is 23.2. The summed E-state index contributed by atoms with van der Waals surface area (Å²) < 4.78 is 5.48. The van der Waals surface area contributed by atoms with Crippen LogP contribution in [0.15, 0.2) is 36.5 Å². The topological polar surface area (TPSA) is 95.9 Å². The molecule has 0 aliphatic heterocycles. The van der Waals surface area contributed by atoms with Crippen molar-refractivity contribution in [3.8, 4) is 0 Å². The third-order valence-electron chi connectivity index (χ3n) is 14.9. The zero-order valence-electron chi connectivity index (χ0n) is 48.4. The van der Waals surface area contributed by atoms with Gasteiger partial charge in [-0.25, -0.2) is 0 Å². The highest BCUT2D eigenvalue weighted by Gasteiger charge is 2.18. The third-order valence-corrected chi connectivity index (χ3v) is 14.9. The quantitative estimate of drug-likeness (QED) is 0.0320. The molecular weight excluding hydrogens is 887 g/mol. The Bertz CT molecular complexity index is 1170. The maximum Gasteiger partial charge on any atom is 0.305 e. The Morgan fingerprint density at radius 1 is 0.375 bits per heavy atom. The second-order valence-corrected chi connectivity index (χ2v) is 22.1. The van der Waals surface area contributed by atoms with Gasteiger partial charge in [-0.1, -0.05) is 288 Å². The smallest absolute Gasteiger partial charge is 0.305 e. The molecule has 0 aliphatic carbocycles. The fourth-order valence-electron chi connectivity index (χ4n) is 9.92. The van der Waals surface area contributed by atoms with E-state index in [4.69, 9.17) is 4.74 Å². The first-order chi connectivity index (χ1) is 35.5. The van der Waals surface area contributed by atoms with Crippen LogP contribution in [0.4, 0.5) is 0 Å². The summed E-state index contributed by atoms with van der Waals surface area (Å²) in [5.74, 6) is -0.0917. The van der Waals surface area contributed by atoms with Crippen LogP contribution in [0.5, 0.6) is 0 Å². The van der Waals surface area contributed by atoms with Gasteiger partial charge in [0.25, 0.3) is 0 Å². The first kappa shape index (κ1) is 70.1. The number of allylic oxidation sites excluding steroid dienone is 5. The molecule has 0 aromatic rings. The zero-order valence-corrected chi connectivity index (χ0v) is 48.4. The Kier molecular flexibility index (Phi) is 60.0. The number of aliphatic hydroxyl groups is 2. The normalized spacial score (nSPS) is 12.8. The number of carbonyl (C=O) groups is 2. The van der Waals surface area contributed by atoms with E-state index in [1.165, 1.54) is 250 Å². The minimum absolute atomic E-state index is 0.0111. The predicted octanol–water partition coefficient (Wildman–Crippen LogP) is 20.4. The number of hydrogen-bond acceptors (Lipinski definition) is 5. The molecule has 0 spiro atoms. The maximum absolute atomic E-state index is 12.5. The van der Waals surface area contributed by atoms with Gasteiger partial charge >= 0.3 is 5.97 Å². The van der Waals surface area contributed by atoms with E-state index >= 15 is 0 Å². The summed E-state index contributed by atoms with van der Waals surface area (Å²) in [5.41, 5.74) is 0. The molecule has 72 heavy (non-hydrogen) atoms. The van der Waals surface area contributed by atoms with E-state index in [1.807, 2.05) is 6.08 Å². The van der Waals surface area contributed by atoms with E-state index in [0.717, 1.165) is 70.6 Å². The summed E-state index contributed by atoms with van der Waals surface area (Å²) in [6.07, 6.45) is 77.6. The van der Waals surface area contributed by atoms with Gasteiger partial charge < -0.3 is 20.3 Å². The Labute approximate surface area is 449 Å². The number of nitrogens with one attached hydrogen (secondary N) is 1. The lowest BCUT2D eigenvalue weighted by Gasteiger charge is -2.20. The molecule has 6 heteroatoms. The standard InChI is InChI=1S/C66H125NO5/c1-3-5-7-9-11-13-15-17-19-21-23-24-26-27-30-34-38-42-46-50-54-58-64(69)63(62-68)67-65(70)59-55-51-47-43-39-35-31-29-33-37-41-45-49-53-57-61-72-66(71)60-56-52-48-44-40-36-32-28-25-22-20-18-16-14-12-10-8-6-4-2/h18,20,33,37,54,58,63-64,68-69H,3-17,19,21-32,34-36,38-53,55-57,59-62H2,1-2H3,(H,67,70)/b20-18-,37-33-,58-54+. The molecule has 0 heterocycles. The monoisotopic (exact) mass is 1010 g/mol. The number of ether oxygens (including phenoxy) is 1. The van der Waals surface area contributed by atoms with Gasteiger partial charge in [0.1, 0.15) is 0 Å². The molecule has 0 aromatic carbocycles. The number of carbonyl (C=O) groups excluding carboxylic acids is 2. The number of rotatable bonds is 60. The Morgan fingerprint density at radius 3 is 0.986 bits per heavy atom. The lowest BCUT2D eigenvalue weighted by atomic mass is 10.0. The van der Waals surface area contributed by atoms with Crippen molar-refractivity contribution in [2.75, 3.05) is 13.2 Å². The molecule has 0 bridgehead atoms. The number of unbranched alkanes of at least 4 members (excludes halogenated alkanes) is 45. The number of amides is 1. The average Bonchev–Trinajstić information content (AvgIpc) is 3.38. The van der Waals surface area contributed by atoms with Gasteiger partial charge in [-0.3, -0.25) is 9.59 Å². The minimum atomic E-state index is -0.856. The molecule has 0 saturated heterocycles. The van der Waals surface area contributed by atoms with Gasteiger partial charge in [0, 0.05) is 12.8 Å². The van der Waals surface area contributed by atoms with Crippen molar-refractivity contribution in [3.63, 3.8) is 0 Å². The molecule has 0 rings (SSSR count). The van der Waals surface area contributed by atoms with Gasteiger partial charge in [0.15, 0.2) is 0 Å². The summed E-state index contributed by atoms with van der Waals surface area (Å²) in [7, 11) is 0. The molecule has 0 saturated carbocycles. The largest absolute Gasteiger partial charge is 0.466 e. The Hall–Kier alpha value is -1.92. The highest BCUT2D eigenvalue weighted by atomic mass is 16.5. The van der Waals surface area contributed by atoms with E-state index in [0.29, 0.717) is 19.4 Å². The fraction of sp³-hybridized carbons (Fsp3) is 0.879. The maximum atomic E-state index is 12.5. The van der Waals surface area contributed by atoms with E-state index in [2.05, 4.69) is 43.5 Å². The summed E-state index contributed by atoms with van der Waals surface area (Å²) >= 11 is 0. The molecule has 0 fully saturated rings. The highest BCUT2D eigenvalue weighted by molar-refractivity contribution is 5.76. The van der Waals surface area contributed by atoms with Crippen molar-refractivity contribution < 1.29 is 24.5 Å². The van der Waals surface area contributed by atoms with Crippen molar-refractivity contribution in [1.82, 2.24) is 5.32 Å². The van der Waals surface area contributed by atoms with Crippen LogP contribution in [0, 0.1) is 0 Å². The number of hydrogen-bond donors (Lipinski definition) is 3. The summed E-state index contributed by atoms with van der Waals surface area (Å²) in [4.78, 5) is 24.6. The van der Waals surface area contributed by atoms with E-state index in [1.54, 1.807) is 6.08 Å². The summed E-state index contributed by atoms with van der Waals surface area (Å²) in [6, 6.07) is -0.641. The minimum Gasteiger partial charge on any atom is -0.466 e. The van der Waals surface area contributed by atoms with Crippen molar-refractivity contribution in [3.05, 3.63) is 36.5 Å². The van der Waals surface area contributed by atoms with Gasteiger partial charge in [-0.15, -0.1) is 0 Å². The van der Waals surface area contributed by atoms with Gasteiger partial charge in [0.05, 0.1) is 25.4 Å². The second-order valence-electron chi connectivity index (χ2n) is 22.1. The molecule has 2 atom stereocenters. The van der Waals surface area contributed by atoms with Crippen LogP contribution in [0.1, 0.15) is 348 Å². The highest BCUT2D eigenvalue weighted by Crippen LogP contribution is 2.17. The van der Waals surface area contributed by atoms with Crippen LogP contribution in [0.2, 0.25) is 0 Å². The second kappa shape index (κ2) is 61.6. The predicted molar refractivity (Wildman–Crippen MR) is 315 cm³/mol. The molecule has 2 unspecified atom stereocenters. The van der Waals surface area contributed by atoms with E-state index in [9.17, 15) is 19.8 Å². The molecule has 0 aromatic heterocycles. The van der Waals surface area contributed by atoms with Gasteiger partial charge in [-0.2, -0.15) is 0 Å². The molecule has 0 radical (unpaired) electrons. The average molecular weight is 1010 g/mol. The molecule has 3 N–H and O–H groups in total. The van der Waals surface area contributed by atoms with Crippen LogP contribution < -0.4 is 5.32 Å². The zero-order chi connectivity index (χ0) is 52.2. The lowest BCUT2D eigenvalue weighted by molar-refractivity contribution is -0.143. The van der Waals surface area contributed by atoms with Crippen molar-refractivity contribution in [1.29, 1.82) is 0 Å². The van der Waals surface area contributed by atoms with Crippen molar-refractivity contribution >= 4 is 11.9 Å². The van der Waals surface area contributed by atoms with E-state index < -0.39 is 12.1 Å². The number of aliphatic hydroxyl groups excluding tert-OH is 2. The van der Waals surface area contributed by atoms with Crippen molar-refractivity contribution in [2.24, 2.45) is 0 Å². The van der Waals surface area contributed by atoms with E-state index in [-0.39, 0.29) is 18.5 Å². The van der Waals surface area contributed by atoms with Crippen LogP contribution in [-0.4, -0.2) is 47.4 Å². The first-order valence-corrected chi connectivity index (χ1v) is 32.3. The molecule has 424 valence electrons. The Balaban J connectivity index is 3.48. The molecule has 1 amide bonds. The molecular formula is C66H125NO5. The van der Waals surface area contributed by atoms with Gasteiger partial charge in [-0.05, 0) is 83.5 Å². The summed E-state index contributed by atoms with van der Waals surface area (Å²) in [6.45, 7) is 4.89. The molecule has 0 aliphatic rings. The number of esters is 1. The Morgan fingerprint density at radius 2 is 0.653 bits per heavy atom. The molecule has 6 nitrogen and oxygen atoms in total. The fourth-order valence-corrected chi connectivity index (χ4v) is 9.92. The first-order valence-electron chi connectivity index (χ1n) is 32.3. The van der Waals surface area contributed by atoms with Crippen LogP contribution in [0.3, 0.4) is 0 Å². The van der Waals surface area contributed by atoms with Crippen molar-refractivity contribution in [2.45, 2.75) is 360 Å². The van der Waals surface area contributed by atoms with Crippen LogP contribution >= 0.6 is 0 Å². The lowest BCUT2D eigenvalue weighted by Crippen LogP contribution is -2.45. The van der Waals surface area contributed by atoms with Crippen LogP contribution in [0.25, 0.3) is 0 Å². The van der Waals surface area contributed by atoms with Gasteiger partial charge in [0.2, 0.25) is 5.91 Å². The van der Waals surface area contributed by atoms with Crippen LogP contribution in [-0.2, 0) is 14.3 Å². The SMILES string of the molecule is CCCCCCCC/C=C\CCCCCCCCCCCC(=O)OCCCCCC/C=C\CCCCCCCCCC(=O)NC(CO)C(O)/C=C/CCCCCCCCCCCCCCCCCCCCC.